The fourth-order valence-corrected chi connectivity index (χ4v) is 2.17. The Morgan fingerprint density at radius 3 is 2.43 bits per heavy atom. The van der Waals surface area contributed by atoms with Gasteiger partial charge in [0.05, 0.1) is 30.7 Å². The summed E-state index contributed by atoms with van der Waals surface area (Å²) in [6, 6.07) is 8.64. The van der Waals surface area contributed by atoms with Crippen molar-refractivity contribution >= 4 is 5.91 Å². The Labute approximate surface area is 133 Å². The van der Waals surface area contributed by atoms with Crippen molar-refractivity contribution in [3.8, 4) is 6.07 Å². The minimum absolute atomic E-state index is 0.107. The lowest BCUT2D eigenvalue weighted by Gasteiger charge is -2.28. The first-order valence-corrected chi connectivity index (χ1v) is 7.22. The summed E-state index contributed by atoms with van der Waals surface area (Å²) in [5.74, 6) is -0.272. The molecule has 0 fully saturated rings. The van der Waals surface area contributed by atoms with Gasteiger partial charge in [0.15, 0.2) is 0 Å². The summed E-state index contributed by atoms with van der Waals surface area (Å²) in [5.41, 5.74) is 1.38. The highest BCUT2D eigenvalue weighted by Gasteiger charge is 2.27. The number of nitriles is 1. The molecule has 1 rings (SSSR count). The van der Waals surface area contributed by atoms with Crippen LogP contribution in [0.15, 0.2) is 24.3 Å². The molecule has 23 heavy (non-hydrogen) atoms. The van der Waals surface area contributed by atoms with Gasteiger partial charge in [-0.1, -0.05) is 12.1 Å². The number of rotatable bonds is 7. The fraction of sp³-hybridized carbons (Fsp3) is 0.500. The quantitative estimate of drug-likeness (QED) is 0.721. The van der Waals surface area contributed by atoms with E-state index >= 15 is 0 Å². The highest BCUT2D eigenvalue weighted by Crippen LogP contribution is 2.21. The maximum absolute atomic E-state index is 12.1. The van der Waals surface area contributed by atoms with Crippen molar-refractivity contribution in [3.05, 3.63) is 35.4 Å². The molecule has 0 aromatic heterocycles. The smallest absolute Gasteiger partial charge is 0.372 e. The number of halogens is 3. The van der Waals surface area contributed by atoms with Gasteiger partial charge in [0.25, 0.3) is 0 Å². The van der Waals surface area contributed by atoms with Crippen LogP contribution in [0.4, 0.5) is 13.2 Å². The Hall–Kier alpha value is -2.07. The minimum Gasteiger partial charge on any atom is -0.372 e. The maximum Gasteiger partial charge on any atom is 0.411 e. The van der Waals surface area contributed by atoms with Gasteiger partial charge in [0.2, 0.25) is 5.91 Å². The number of nitrogens with zero attached hydrogens (tertiary/aromatic N) is 2. The topological polar surface area (TPSA) is 53.3 Å². The maximum atomic E-state index is 12.1. The van der Waals surface area contributed by atoms with E-state index in [0.29, 0.717) is 12.1 Å². The van der Waals surface area contributed by atoms with Crippen LogP contribution in [-0.4, -0.2) is 36.7 Å². The number of carbonyl (C=O) groups is 1. The number of benzene rings is 1. The molecule has 0 N–H and O–H groups in total. The summed E-state index contributed by atoms with van der Waals surface area (Å²) < 4.78 is 40.4. The van der Waals surface area contributed by atoms with Crippen LogP contribution in [0.5, 0.6) is 0 Å². The Bertz CT molecular complexity index is 550. The van der Waals surface area contributed by atoms with Crippen LogP contribution in [0.25, 0.3) is 0 Å². The van der Waals surface area contributed by atoms with Crippen molar-refractivity contribution in [2.75, 3.05) is 19.8 Å². The molecule has 0 aliphatic heterocycles. The van der Waals surface area contributed by atoms with Crippen LogP contribution in [0.1, 0.15) is 37.4 Å². The third-order valence-electron chi connectivity index (χ3n) is 3.38. The molecule has 4 nitrogen and oxygen atoms in total. The summed E-state index contributed by atoms with van der Waals surface area (Å²) >= 11 is 0. The lowest BCUT2D eigenvalue weighted by Crippen LogP contribution is -2.34. The second kappa shape index (κ2) is 8.53. The van der Waals surface area contributed by atoms with Crippen LogP contribution in [0.3, 0.4) is 0 Å². The monoisotopic (exact) mass is 328 g/mol. The minimum atomic E-state index is -4.39. The Kier molecular flexibility index (Phi) is 7.04. The summed E-state index contributed by atoms with van der Waals surface area (Å²) in [4.78, 5) is 13.7. The first-order chi connectivity index (χ1) is 10.8. The molecule has 1 amide bonds. The summed E-state index contributed by atoms with van der Waals surface area (Å²) in [6.45, 7) is 2.44. The van der Waals surface area contributed by atoms with E-state index in [4.69, 9.17) is 5.26 Å². The number of hydrogen-bond donors (Lipinski definition) is 0. The number of ether oxygens (including phenoxy) is 1. The molecule has 126 valence electrons. The molecule has 7 heteroatoms. The SMILES string of the molecule is CCN(C(=O)CCOCC(F)(F)F)C(C)c1ccc(C#N)cc1. The number of alkyl halides is 3. The van der Waals surface area contributed by atoms with Crippen LogP contribution in [-0.2, 0) is 9.53 Å². The predicted molar refractivity (Wildman–Crippen MR) is 78.5 cm³/mol. The standard InChI is InChI=1S/C16H19F3N2O2/c1-3-21(15(22)8-9-23-11-16(17,18)19)12(2)14-6-4-13(10-20)5-7-14/h4-7,12H,3,8-9,11H2,1-2H3. The molecule has 0 radical (unpaired) electrons. The normalized spacial score (nSPS) is 12.5. The molecule has 0 aliphatic rings. The van der Waals surface area contributed by atoms with E-state index in [-0.39, 0.29) is 25.0 Å². The summed E-state index contributed by atoms with van der Waals surface area (Å²) in [6.07, 6.45) is -4.49. The highest BCUT2D eigenvalue weighted by atomic mass is 19.4. The van der Waals surface area contributed by atoms with Gasteiger partial charge < -0.3 is 9.64 Å². The molecular weight excluding hydrogens is 309 g/mol. The van der Waals surface area contributed by atoms with E-state index in [1.807, 2.05) is 13.0 Å². The molecule has 1 unspecified atom stereocenters. The molecule has 0 aliphatic carbocycles. The average molecular weight is 328 g/mol. The van der Waals surface area contributed by atoms with Crippen LogP contribution in [0.2, 0.25) is 0 Å². The molecule has 0 bridgehead atoms. The van der Waals surface area contributed by atoms with Crippen molar-refractivity contribution in [2.24, 2.45) is 0 Å². The van der Waals surface area contributed by atoms with E-state index < -0.39 is 12.8 Å². The van der Waals surface area contributed by atoms with E-state index in [1.165, 1.54) is 0 Å². The van der Waals surface area contributed by atoms with Crippen molar-refractivity contribution in [1.29, 1.82) is 5.26 Å². The van der Waals surface area contributed by atoms with E-state index in [2.05, 4.69) is 4.74 Å². The second-order valence-corrected chi connectivity index (χ2v) is 5.01. The van der Waals surface area contributed by atoms with Gasteiger partial charge >= 0.3 is 6.18 Å². The Morgan fingerprint density at radius 2 is 1.96 bits per heavy atom. The molecule has 1 atom stereocenters. The van der Waals surface area contributed by atoms with Gasteiger partial charge in [0, 0.05) is 6.54 Å². The Balaban J connectivity index is 2.59. The van der Waals surface area contributed by atoms with Gasteiger partial charge in [-0.15, -0.1) is 0 Å². The van der Waals surface area contributed by atoms with Gasteiger partial charge in [-0.2, -0.15) is 18.4 Å². The predicted octanol–water partition coefficient (Wildman–Crippen LogP) is 3.44. The first kappa shape index (κ1) is 19.0. The summed E-state index contributed by atoms with van der Waals surface area (Å²) in [5, 5.41) is 8.78. The van der Waals surface area contributed by atoms with Crippen LogP contribution < -0.4 is 0 Å². The van der Waals surface area contributed by atoms with Gasteiger partial charge in [-0.05, 0) is 31.5 Å². The van der Waals surface area contributed by atoms with Crippen molar-refractivity contribution in [1.82, 2.24) is 4.90 Å². The molecule has 0 heterocycles. The van der Waals surface area contributed by atoms with Gasteiger partial charge in [0.1, 0.15) is 6.61 Å². The molecule has 0 saturated carbocycles. The van der Waals surface area contributed by atoms with E-state index in [0.717, 1.165) is 5.56 Å². The molecule has 0 spiro atoms. The van der Waals surface area contributed by atoms with Crippen molar-refractivity contribution in [2.45, 2.75) is 32.5 Å². The highest BCUT2D eigenvalue weighted by molar-refractivity contribution is 5.76. The number of carbonyl (C=O) groups excluding carboxylic acids is 1. The third kappa shape index (κ3) is 6.28. The van der Waals surface area contributed by atoms with Gasteiger partial charge in [-0.3, -0.25) is 4.79 Å². The first-order valence-electron chi connectivity index (χ1n) is 7.22. The lowest BCUT2D eigenvalue weighted by molar-refractivity contribution is -0.175. The molecule has 1 aromatic carbocycles. The third-order valence-corrected chi connectivity index (χ3v) is 3.38. The lowest BCUT2D eigenvalue weighted by atomic mass is 10.0. The zero-order valence-corrected chi connectivity index (χ0v) is 13.1. The van der Waals surface area contributed by atoms with Crippen molar-refractivity contribution in [3.63, 3.8) is 0 Å². The van der Waals surface area contributed by atoms with E-state index in [1.54, 1.807) is 36.1 Å². The van der Waals surface area contributed by atoms with Crippen LogP contribution >= 0.6 is 0 Å². The average Bonchev–Trinajstić information content (AvgIpc) is 2.51. The second-order valence-electron chi connectivity index (χ2n) is 5.01. The van der Waals surface area contributed by atoms with E-state index in [9.17, 15) is 18.0 Å². The fourth-order valence-electron chi connectivity index (χ4n) is 2.17. The molecular formula is C16H19F3N2O2. The van der Waals surface area contributed by atoms with Crippen LogP contribution in [0, 0.1) is 11.3 Å². The largest absolute Gasteiger partial charge is 0.411 e. The zero-order valence-electron chi connectivity index (χ0n) is 13.1. The van der Waals surface area contributed by atoms with Gasteiger partial charge in [-0.25, -0.2) is 0 Å². The summed E-state index contributed by atoms with van der Waals surface area (Å²) in [7, 11) is 0. The molecule has 1 aromatic rings. The zero-order chi connectivity index (χ0) is 17.5. The number of amides is 1. The Morgan fingerprint density at radius 1 is 1.35 bits per heavy atom. The van der Waals surface area contributed by atoms with Crippen molar-refractivity contribution < 1.29 is 22.7 Å². The molecule has 0 saturated heterocycles. The number of hydrogen-bond acceptors (Lipinski definition) is 3.